The summed E-state index contributed by atoms with van der Waals surface area (Å²) in [5, 5.41) is 26.6. The zero-order valence-electron chi connectivity index (χ0n) is 16.8. The Bertz CT molecular complexity index is 1410. The molecule has 0 spiro atoms. The third-order valence-corrected chi connectivity index (χ3v) is 5.81. The van der Waals surface area contributed by atoms with Crippen molar-refractivity contribution < 1.29 is 5.11 Å². The van der Waals surface area contributed by atoms with Crippen LogP contribution in [-0.2, 0) is 0 Å². The maximum absolute atomic E-state index is 9.93. The van der Waals surface area contributed by atoms with Crippen molar-refractivity contribution in [3.8, 4) is 17.1 Å². The summed E-state index contributed by atoms with van der Waals surface area (Å²) in [6, 6.07) is 20.2. The van der Waals surface area contributed by atoms with E-state index in [4.69, 9.17) is 4.98 Å². The average molecular weight is 408 g/mol. The van der Waals surface area contributed by atoms with Gasteiger partial charge < -0.3 is 10.0 Å². The highest BCUT2D eigenvalue weighted by atomic mass is 16.3. The molecule has 7 heteroatoms. The van der Waals surface area contributed by atoms with Crippen molar-refractivity contribution in [2.45, 2.75) is 12.5 Å². The Morgan fingerprint density at radius 2 is 1.65 bits per heavy atom. The van der Waals surface area contributed by atoms with Crippen LogP contribution in [-0.4, -0.2) is 49.3 Å². The molecular formula is C24H20N6O. The molecule has 3 aromatic heterocycles. The molecule has 7 nitrogen and oxygen atoms in total. The first kappa shape index (κ1) is 18.0. The Kier molecular flexibility index (Phi) is 4.14. The van der Waals surface area contributed by atoms with Crippen LogP contribution in [0.3, 0.4) is 0 Å². The van der Waals surface area contributed by atoms with Gasteiger partial charge in [0.05, 0.1) is 23.5 Å². The van der Waals surface area contributed by atoms with E-state index < -0.39 is 0 Å². The summed E-state index contributed by atoms with van der Waals surface area (Å²) in [4.78, 5) is 6.86. The molecular weight excluding hydrogens is 388 g/mol. The van der Waals surface area contributed by atoms with Gasteiger partial charge in [-0.3, -0.25) is 0 Å². The first-order valence-corrected chi connectivity index (χ1v) is 10.4. The zero-order chi connectivity index (χ0) is 20.8. The molecule has 1 N–H and O–H groups in total. The van der Waals surface area contributed by atoms with E-state index in [0.29, 0.717) is 12.4 Å². The quantitative estimate of drug-likeness (QED) is 0.491. The van der Waals surface area contributed by atoms with Gasteiger partial charge in [-0.2, -0.15) is 5.10 Å². The van der Waals surface area contributed by atoms with Crippen molar-refractivity contribution in [2.24, 2.45) is 0 Å². The van der Waals surface area contributed by atoms with Gasteiger partial charge in [-0.25, -0.2) is 9.67 Å². The van der Waals surface area contributed by atoms with Crippen molar-refractivity contribution in [1.82, 2.24) is 25.0 Å². The molecule has 2 aromatic carbocycles. The van der Waals surface area contributed by atoms with Crippen molar-refractivity contribution in [3.63, 3.8) is 0 Å². The molecule has 1 aliphatic heterocycles. The molecule has 0 aliphatic carbocycles. The minimum absolute atomic E-state index is 0.316. The number of para-hydroxylation sites is 1. The van der Waals surface area contributed by atoms with Crippen LogP contribution in [0.15, 0.2) is 73.1 Å². The van der Waals surface area contributed by atoms with E-state index in [1.165, 1.54) is 0 Å². The minimum Gasteiger partial charge on any atom is -0.391 e. The predicted octanol–water partition coefficient (Wildman–Crippen LogP) is 3.60. The molecule has 31 heavy (non-hydrogen) atoms. The van der Waals surface area contributed by atoms with Gasteiger partial charge in [-0.15, -0.1) is 10.2 Å². The van der Waals surface area contributed by atoms with E-state index in [1.54, 1.807) is 10.9 Å². The lowest BCUT2D eigenvalue weighted by Gasteiger charge is -2.18. The molecule has 152 valence electrons. The zero-order valence-corrected chi connectivity index (χ0v) is 16.8. The number of rotatable bonds is 3. The lowest BCUT2D eigenvalue weighted by molar-refractivity contribution is 0.198. The Morgan fingerprint density at radius 3 is 2.48 bits per heavy atom. The standard InChI is InChI=1S/C24H20N6O/c31-18-11-12-29(15-18)23-19-6-2-3-7-20(19)24(28-27-23)30-14-17(13-25-30)22-10-9-16-5-1-4-8-21(16)26-22/h1-10,13-14,18,31H,11-12,15H2/t18-/m1/s1. The van der Waals surface area contributed by atoms with Gasteiger partial charge in [0.2, 0.25) is 0 Å². The molecule has 0 bridgehead atoms. The van der Waals surface area contributed by atoms with Crippen LogP contribution < -0.4 is 4.90 Å². The van der Waals surface area contributed by atoms with E-state index in [2.05, 4.69) is 32.3 Å². The summed E-state index contributed by atoms with van der Waals surface area (Å²) in [5.74, 6) is 1.48. The number of pyridine rings is 1. The van der Waals surface area contributed by atoms with Gasteiger partial charge in [-0.1, -0.05) is 48.5 Å². The van der Waals surface area contributed by atoms with Crippen LogP contribution in [0, 0.1) is 0 Å². The topological polar surface area (TPSA) is 80.0 Å². The summed E-state index contributed by atoms with van der Waals surface area (Å²) in [5.41, 5.74) is 2.74. The van der Waals surface area contributed by atoms with E-state index >= 15 is 0 Å². The fourth-order valence-corrected chi connectivity index (χ4v) is 4.21. The number of aliphatic hydroxyl groups excluding tert-OH is 1. The first-order valence-electron chi connectivity index (χ1n) is 10.4. The number of hydrogen-bond donors (Lipinski definition) is 1. The number of hydrogen-bond acceptors (Lipinski definition) is 6. The number of nitrogens with zero attached hydrogens (tertiary/aromatic N) is 6. The Morgan fingerprint density at radius 1 is 0.871 bits per heavy atom. The monoisotopic (exact) mass is 408 g/mol. The molecule has 5 aromatic rings. The molecule has 0 amide bonds. The molecule has 1 fully saturated rings. The second kappa shape index (κ2) is 7.14. The molecule has 0 unspecified atom stereocenters. The van der Waals surface area contributed by atoms with Crippen molar-refractivity contribution in [2.75, 3.05) is 18.0 Å². The van der Waals surface area contributed by atoms with E-state index in [-0.39, 0.29) is 6.10 Å². The Hall–Kier alpha value is -3.84. The molecule has 0 radical (unpaired) electrons. The van der Waals surface area contributed by atoms with Crippen LogP contribution in [0.25, 0.3) is 38.8 Å². The lowest BCUT2D eigenvalue weighted by atomic mass is 10.1. The summed E-state index contributed by atoms with van der Waals surface area (Å²) < 4.78 is 1.75. The number of aliphatic hydroxyl groups is 1. The fourth-order valence-electron chi connectivity index (χ4n) is 4.21. The summed E-state index contributed by atoms with van der Waals surface area (Å²) in [6.07, 6.45) is 4.17. The average Bonchev–Trinajstić information content (AvgIpc) is 3.47. The van der Waals surface area contributed by atoms with Crippen molar-refractivity contribution in [3.05, 3.63) is 73.1 Å². The highest BCUT2D eigenvalue weighted by molar-refractivity contribution is 5.96. The van der Waals surface area contributed by atoms with E-state index in [1.807, 2.05) is 54.7 Å². The molecule has 0 saturated carbocycles. The third-order valence-electron chi connectivity index (χ3n) is 5.81. The normalized spacial score (nSPS) is 16.4. The van der Waals surface area contributed by atoms with Gasteiger partial charge in [0.1, 0.15) is 0 Å². The minimum atomic E-state index is -0.316. The highest BCUT2D eigenvalue weighted by Crippen LogP contribution is 2.30. The maximum atomic E-state index is 9.93. The third kappa shape index (κ3) is 3.10. The first-order chi connectivity index (χ1) is 15.3. The maximum Gasteiger partial charge on any atom is 0.183 e. The molecule has 1 saturated heterocycles. The van der Waals surface area contributed by atoms with E-state index in [9.17, 15) is 5.11 Å². The lowest BCUT2D eigenvalue weighted by Crippen LogP contribution is -2.23. The van der Waals surface area contributed by atoms with E-state index in [0.717, 1.165) is 51.7 Å². The van der Waals surface area contributed by atoms with Crippen LogP contribution in [0.5, 0.6) is 0 Å². The largest absolute Gasteiger partial charge is 0.391 e. The summed E-state index contributed by atoms with van der Waals surface area (Å²) in [7, 11) is 0. The summed E-state index contributed by atoms with van der Waals surface area (Å²) in [6.45, 7) is 1.36. The summed E-state index contributed by atoms with van der Waals surface area (Å²) >= 11 is 0. The fraction of sp³-hybridized carbons (Fsp3) is 0.167. The Balaban J connectivity index is 1.42. The highest BCUT2D eigenvalue weighted by Gasteiger charge is 2.24. The second-order valence-electron chi connectivity index (χ2n) is 7.84. The molecule has 6 rings (SSSR count). The van der Waals surface area contributed by atoms with Gasteiger partial charge >= 0.3 is 0 Å². The van der Waals surface area contributed by atoms with Crippen LogP contribution in [0.1, 0.15) is 6.42 Å². The molecule has 4 heterocycles. The van der Waals surface area contributed by atoms with Crippen molar-refractivity contribution >= 4 is 27.5 Å². The molecule has 1 aliphatic rings. The predicted molar refractivity (Wildman–Crippen MR) is 120 cm³/mol. The number of fused-ring (bicyclic) bond motifs is 2. The van der Waals surface area contributed by atoms with Crippen LogP contribution >= 0.6 is 0 Å². The number of aromatic nitrogens is 5. The second-order valence-corrected chi connectivity index (χ2v) is 7.84. The van der Waals surface area contributed by atoms with Gasteiger partial charge in [0.15, 0.2) is 11.6 Å². The van der Waals surface area contributed by atoms with Gasteiger partial charge in [-0.05, 0) is 18.6 Å². The Labute approximate surface area is 178 Å². The molecule has 1 atom stereocenters. The number of benzene rings is 2. The smallest absolute Gasteiger partial charge is 0.183 e. The number of β-amino-alcohol motifs (C(OH)–C–C–N with tert-alkyl or cyclic N) is 1. The SMILES string of the molecule is O[C@@H]1CCN(c2nnc(-n3cc(-c4ccc5ccccc5n4)cn3)c3ccccc23)C1. The van der Waals surface area contributed by atoms with Gasteiger partial charge in [0.25, 0.3) is 0 Å². The van der Waals surface area contributed by atoms with Crippen molar-refractivity contribution in [1.29, 1.82) is 0 Å². The van der Waals surface area contributed by atoms with Gasteiger partial charge in [0, 0.05) is 41.0 Å². The van der Waals surface area contributed by atoms with Crippen LogP contribution in [0.4, 0.5) is 5.82 Å². The van der Waals surface area contributed by atoms with Crippen LogP contribution in [0.2, 0.25) is 0 Å². The number of anilines is 1.